The van der Waals surface area contributed by atoms with E-state index in [1.165, 1.54) is 12.7 Å². The smallest absolute Gasteiger partial charge is 0.340 e. The lowest BCUT2D eigenvalue weighted by Crippen LogP contribution is -2.24. The zero-order chi connectivity index (χ0) is 21.8. The van der Waals surface area contributed by atoms with E-state index in [2.05, 4.69) is 13.8 Å². The van der Waals surface area contributed by atoms with Crippen molar-refractivity contribution in [1.82, 2.24) is 4.90 Å². The molecule has 2 aromatic carbocycles. The molecule has 0 unspecified atom stereocenters. The van der Waals surface area contributed by atoms with Gasteiger partial charge in [-0.05, 0) is 47.7 Å². The summed E-state index contributed by atoms with van der Waals surface area (Å²) < 4.78 is 10.2. The first kappa shape index (κ1) is 21.4. The number of rotatable bonds is 6. The van der Waals surface area contributed by atoms with Gasteiger partial charge >= 0.3 is 5.97 Å². The lowest BCUT2D eigenvalue weighted by Gasteiger charge is -2.18. The Morgan fingerprint density at radius 3 is 2.20 bits per heavy atom. The highest BCUT2D eigenvalue weighted by Gasteiger charge is 2.36. The molecule has 0 aliphatic carbocycles. The minimum atomic E-state index is -0.511. The van der Waals surface area contributed by atoms with Crippen LogP contribution in [0.4, 0.5) is 0 Å². The van der Waals surface area contributed by atoms with Crippen LogP contribution in [0, 0.1) is 0 Å². The molecule has 156 valence electrons. The monoisotopic (exact) mass is 405 g/mol. The highest BCUT2D eigenvalue weighted by molar-refractivity contribution is 6.16. The Morgan fingerprint density at radius 1 is 1.03 bits per heavy atom. The summed E-state index contributed by atoms with van der Waals surface area (Å²) in [7, 11) is 2.94. The van der Waals surface area contributed by atoms with Gasteiger partial charge in [0.2, 0.25) is 0 Å². The number of ether oxygens (including phenoxy) is 2. The summed E-state index contributed by atoms with van der Waals surface area (Å²) in [6.07, 6.45) is 1.76. The topological polar surface area (TPSA) is 55.8 Å². The van der Waals surface area contributed by atoms with Crippen molar-refractivity contribution in [2.75, 3.05) is 14.2 Å². The number of esters is 1. The highest BCUT2D eigenvalue weighted by atomic mass is 16.5. The zero-order valence-corrected chi connectivity index (χ0v) is 18.1. The van der Waals surface area contributed by atoms with Crippen LogP contribution in [-0.2, 0) is 20.9 Å². The van der Waals surface area contributed by atoms with Crippen molar-refractivity contribution < 1.29 is 19.1 Å². The largest absolute Gasteiger partial charge is 0.497 e. The van der Waals surface area contributed by atoms with E-state index in [0.29, 0.717) is 29.3 Å². The normalized spacial score (nSPS) is 15.3. The van der Waals surface area contributed by atoms with Crippen molar-refractivity contribution >= 4 is 18.0 Å². The van der Waals surface area contributed by atoms with E-state index in [0.717, 1.165) is 16.9 Å². The molecule has 5 heteroatoms. The van der Waals surface area contributed by atoms with Gasteiger partial charge in [-0.2, -0.15) is 0 Å². The molecule has 0 spiro atoms. The van der Waals surface area contributed by atoms with Gasteiger partial charge in [0, 0.05) is 5.70 Å². The minimum absolute atomic E-state index is 0.211. The predicted molar refractivity (Wildman–Crippen MR) is 117 cm³/mol. The highest BCUT2D eigenvalue weighted by Crippen LogP contribution is 2.33. The molecule has 0 saturated carbocycles. The Balaban J connectivity index is 1.96. The molecule has 0 atom stereocenters. The van der Waals surface area contributed by atoms with Gasteiger partial charge < -0.3 is 14.4 Å². The third-order valence-electron chi connectivity index (χ3n) is 5.31. The van der Waals surface area contributed by atoms with Crippen LogP contribution in [0.3, 0.4) is 0 Å². The van der Waals surface area contributed by atoms with E-state index in [-0.39, 0.29) is 5.91 Å². The van der Waals surface area contributed by atoms with Crippen LogP contribution in [0.25, 0.3) is 6.08 Å². The van der Waals surface area contributed by atoms with E-state index in [1.807, 2.05) is 48.5 Å². The lowest BCUT2D eigenvalue weighted by atomic mass is 9.99. The molecule has 0 saturated heterocycles. The molecule has 0 bridgehead atoms. The Kier molecular flexibility index (Phi) is 6.40. The van der Waals surface area contributed by atoms with Crippen molar-refractivity contribution in [2.45, 2.75) is 33.2 Å². The van der Waals surface area contributed by atoms with Crippen LogP contribution in [0.5, 0.6) is 5.75 Å². The van der Waals surface area contributed by atoms with Gasteiger partial charge in [0.1, 0.15) is 5.75 Å². The van der Waals surface area contributed by atoms with E-state index >= 15 is 0 Å². The van der Waals surface area contributed by atoms with E-state index in [9.17, 15) is 9.59 Å². The molecule has 5 nitrogen and oxygen atoms in total. The predicted octanol–water partition coefficient (Wildman–Crippen LogP) is 4.69. The lowest BCUT2D eigenvalue weighted by molar-refractivity contribution is -0.136. The quantitative estimate of drug-likeness (QED) is 0.517. The standard InChI is InChI=1S/C25H27NO4/c1-16(2)20-10-6-18(7-11-20)14-22-23(25(28)30-5)17(3)26(24(22)27)15-19-8-12-21(29-4)13-9-19/h6-14,16H,15H2,1-5H3/b22-14-. The summed E-state index contributed by atoms with van der Waals surface area (Å²) in [5.41, 5.74) is 4.27. The van der Waals surface area contributed by atoms with Crippen molar-refractivity contribution in [2.24, 2.45) is 0 Å². The number of hydrogen-bond donors (Lipinski definition) is 0. The average molecular weight is 405 g/mol. The number of amides is 1. The van der Waals surface area contributed by atoms with E-state index < -0.39 is 5.97 Å². The summed E-state index contributed by atoms with van der Waals surface area (Å²) in [4.78, 5) is 27.3. The number of carbonyl (C=O) groups is 2. The number of nitrogens with zero attached hydrogens (tertiary/aromatic N) is 1. The fraction of sp³-hybridized carbons (Fsp3) is 0.280. The average Bonchev–Trinajstić information content (AvgIpc) is 2.98. The fourth-order valence-corrected chi connectivity index (χ4v) is 3.48. The summed E-state index contributed by atoms with van der Waals surface area (Å²) >= 11 is 0. The van der Waals surface area contributed by atoms with Crippen LogP contribution >= 0.6 is 0 Å². The van der Waals surface area contributed by atoms with E-state index in [1.54, 1.807) is 25.0 Å². The third kappa shape index (κ3) is 4.30. The van der Waals surface area contributed by atoms with Gasteiger partial charge in [0.25, 0.3) is 5.91 Å². The molecule has 0 fully saturated rings. The molecule has 30 heavy (non-hydrogen) atoms. The molecule has 2 aromatic rings. The number of methoxy groups -OCH3 is 2. The van der Waals surface area contributed by atoms with Gasteiger partial charge in [-0.15, -0.1) is 0 Å². The third-order valence-corrected chi connectivity index (χ3v) is 5.31. The van der Waals surface area contributed by atoms with Crippen LogP contribution < -0.4 is 4.74 Å². The molecule has 1 aliphatic heterocycles. The maximum atomic E-state index is 13.2. The van der Waals surface area contributed by atoms with Crippen LogP contribution in [-0.4, -0.2) is 31.0 Å². The minimum Gasteiger partial charge on any atom is -0.497 e. The number of benzene rings is 2. The molecule has 1 aliphatic rings. The van der Waals surface area contributed by atoms with Crippen molar-refractivity contribution in [3.8, 4) is 5.75 Å². The Labute approximate surface area is 177 Å². The summed E-state index contributed by atoms with van der Waals surface area (Å²) in [6.45, 7) is 6.40. The maximum absolute atomic E-state index is 13.2. The number of carbonyl (C=O) groups excluding carboxylic acids is 2. The fourth-order valence-electron chi connectivity index (χ4n) is 3.48. The summed E-state index contributed by atoms with van der Waals surface area (Å²) in [6, 6.07) is 15.5. The maximum Gasteiger partial charge on any atom is 0.340 e. The Hall–Kier alpha value is -3.34. The molecule has 1 amide bonds. The summed E-state index contributed by atoms with van der Waals surface area (Å²) in [5.74, 6) is 0.451. The number of allylic oxidation sites excluding steroid dienone is 1. The molecule has 0 radical (unpaired) electrons. The van der Waals surface area contributed by atoms with E-state index in [4.69, 9.17) is 9.47 Å². The second-order valence-corrected chi connectivity index (χ2v) is 7.57. The first-order valence-corrected chi connectivity index (χ1v) is 9.91. The molecule has 0 aromatic heterocycles. The molecular weight excluding hydrogens is 378 g/mol. The first-order valence-electron chi connectivity index (χ1n) is 9.91. The molecule has 0 N–H and O–H groups in total. The van der Waals surface area contributed by atoms with Gasteiger partial charge in [-0.1, -0.05) is 50.2 Å². The SMILES string of the molecule is COC(=O)C1=C(C)N(Cc2ccc(OC)cc2)C(=O)/C1=C\c1ccc(C(C)C)cc1. The second kappa shape index (κ2) is 8.99. The van der Waals surface area contributed by atoms with Gasteiger partial charge in [0.05, 0.1) is 31.9 Å². The summed E-state index contributed by atoms with van der Waals surface area (Å²) in [5, 5.41) is 0. The second-order valence-electron chi connectivity index (χ2n) is 7.57. The molecular formula is C25H27NO4. The Morgan fingerprint density at radius 2 is 1.67 bits per heavy atom. The van der Waals surface area contributed by atoms with Crippen molar-refractivity contribution in [1.29, 1.82) is 0 Å². The van der Waals surface area contributed by atoms with Gasteiger partial charge in [0.15, 0.2) is 0 Å². The Bertz CT molecular complexity index is 998. The van der Waals surface area contributed by atoms with Crippen LogP contribution in [0.2, 0.25) is 0 Å². The van der Waals surface area contributed by atoms with Crippen molar-refractivity contribution in [3.05, 3.63) is 82.1 Å². The van der Waals surface area contributed by atoms with Crippen LogP contribution in [0.15, 0.2) is 65.4 Å². The van der Waals surface area contributed by atoms with Gasteiger partial charge in [-0.3, -0.25) is 4.79 Å². The molecule has 3 rings (SSSR count). The van der Waals surface area contributed by atoms with Gasteiger partial charge in [-0.25, -0.2) is 4.79 Å². The number of hydrogen-bond acceptors (Lipinski definition) is 4. The van der Waals surface area contributed by atoms with Crippen LogP contribution in [0.1, 0.15) is 43.4 Å². The first-order chi connectivity index (χ1) is 14.3. The van der Waals surface area contributed by atoms with Crippen molar-refractivity contribution in [3.63, 3.8) is 0 Å². The molecule has 1 heterocycles. The zero-order valence-electron chi connectivity index (χ0n) is 18.1.